The molecule has 0 bridgehead atoms. The molecule has 0 radical (unpaired) electrons. The van der Waals surface area contributed by atoms with Gasteiger partial charge in [-0.1, -0.05) is 13.8 Å². The van der Waals surface area contributed by atoms with Crippen molar-refractivity contribution in [2.75, 3.05) is 19.0 Å². The van der Waals surface area contributed by atoms with Crippen LogP contribution in [0.5, 0.6) is 5.75 Å². The molecule has 26 heavy (non-hydrogen) atoms. The summed E-state index contributed by atoms with van der Waals surface area (Å²) in [7, 11) is 1.64. The second-order valence-corrected chi connectivity index (χ2v) is 8.27. The summed E-state index contributed by atoms with van der Waals surface area (Å²) in [6.45, 7) is 5.10. The number of hydrogen-bond donors (Lipinski definition) is 2. The number of nitrogens with zero attached hydrogens (tertiary/aromatic N) is 1. The van der Waals surface area contributed by atoms with Gasteiger partial charge < -0.3 is 20.1 Å². The summed E-state index contributed by atoms with van der Waals surface area (Å²) in [5, 5.41) is 8.86. The summed E-state index contributed by atoms with van der Waals surface area (Å²) >= 11 is 1.42. The van der Waals surface area contributed by atoms with Crippen LogP contribution in [0, 0.1) is 11.3 Å². The van der Waals surface area contributed by atoms with E-state index in [4.69, 9.17) is 9.47 Å². The lowest BCUT2D eigenvalue weighted by atomic mass is 9.57. The predicted octanol–water partition coefficient (Wildman–Crippen LogP) is 3.44. The molecule has 3 atom stereocenters. The molecule has 2 fully saturated rings. The van der Waals surface area contributed by atoms with Crippen molar-refractivity contribution in [1.82, 2.24) is 10.3 Å². The van der Waals surface area contributed by atoms with E-state index < -0.39 is 0 Å². The molecule has 1 aliphatic carbocycles. The van der Waals surface area contributed by atoms with Crippen molar-refractivity contribution < 1.29 is 14.3 Å². The van der Waals surface area contributed by atoms with Crippen molar-refractivity contribution >= 4 is 28.1 Å². The Kier molecular flexibility index (Phi) is 4.36. The summed E-state index contributed by atoms with van der Waals surface area (Å²) in [4.78, 5) is 17.0. The van der Waals surface area contributed by atoms with Gasteiger partial charge in [-0.05, 0) is 30.7 Å². The van der Waals surface area contributed by atoms with E-state index >= 15 is 0 Å². The zero-order chi connectivity index (χ0) is 18.3. The minimum atomic E-state index is -0.118. The van der Waals surface area contributed by atoms with Gasteiger partial charge in [-0.3, -0.25) is 4.79 Å². The summed E-state index contributed by atoms with van der Waals surface area (Å²) in [6, 6.07) is 7.72. The van der Waals surface area contributed by atoms with Crippen LogP contribution in [0.15, 0.2) is 29.6 Å². The first-order chi connectivity index (χ1) is 12.5. The lowest BCUT2D eigenvalue weighted by molar-refractivity contribution is -0.108. The van der Waals surface area contributed by atoms with Crippen LogP contribution in [0.3, 0.4) is 0 Å². The number of methoxy groups -OCH3 is 1. The van der Waals surface area contributed by atoms with E-state index in [1.54, 1.807) is 12.5 Å². The molecule has 7 heteroatoms. The Morgan fingerprint density at radius 2 is 2.12 bits per heavy atom. The highest BCUT2D eigenvalue weighted by molar-refractivity contribution is 7.14. The third-order valence-corrected chi connectivity index (χ3v) is 6.22. The fraction of sp³-hybridized carbons (Fsp3) is 0.474. The Morgan fingerprint density at radius 1 is 1.35 bits per heavy atom. The number of ether oxygens (including phenoxy) is 2. The van der Waals surface area contributed by atoms with Crippen molar-refractivity contribution in [2.45, 2.75) is 32.4 Å². The number of carbonyl (C=O) groups excluding carboxylic acids is 1. The zero-order valence-electron chi connectivity index (χ0n) is 15.1. The highest BCUT2D eigenvalue weighted by atomic mass is 32.1. The number of rotatable bonds is 5. The Bertz CT molecular complexity index is 803. The molecule has 6 nitrogen and oxygen atoms in total. The first-order valence-corrected chi connectivity index (χ1v) is 9.66. The number of aromatic nitrogens is 1. The average molecular weight is 373 g/mol. The average Bonchev–Trinajstić information content (AvgIpc) is 3.28. The molecule has 2 heterocycles. The maximum absolute atomic E-state index is 12.6. The third-order valence-electron chi connectivity index (χ3n) is 5.47. The van der Waals surface area contributed by atoms with Gasteiger partial charge in [0, 0.05) is 35.0 Å². The van der Waals surface area contributed by atoms with E-state index in [0.717, 1.165) is 24.5 Å². The molecule has 1 saturated heterocycles. The normalized spacial score (nSPS) is 25.9. The first-order valence-electron chi connectivity index (χ1n) is 8.78. The van der Waals surface area contributed by atoms with Gasteiger partial charge in [0.25, 0.3) is 5.91 Å². The van der Waals surface area contributed by atoms with Gasteiger partial charge in [0.2, 0.25) is 0 Å². The molecule has 2 aliphatic rings. The number of fused-ring (bicyclic) bond motifs is 1. The number of benzene rings is 1. The van der Waals surface area contributed by atoms with Crippen LogP contribution < -0.4 is 15.4 Å². The number of nitrogens with one attached hydrogen (secondary N) is 2. The molecular weight excluding hydrogens is 350 g/mol. The SMILES string of the molecule is COc1ccc(Nc2nc(C(=O)N[C@@H]3[C@H]4CCO[C@H]4C3(C)C)cs2)cc1. The number of anilines is 2. The minimum Gasteiger partial charge on any atom is -0.497 e. The Balaban J connectivity index is 1.40. The minimum absolute atomic E-state index is 0.0307. The molecule has 0 unspecified atom stereocenters. The summed E-state index contributed by atoms with van der Waals surface area (Å²) in [5.41, 5.74) is 1.32. The Hall–Kier alpha value is -2.12. The number of amides is 1. The highest BCUT2D eigenvalue weighted by Gasteiger charge is 2.59. The molecule has 1 amide bonds. The van der Waals surface area contributed by atoms with Crippen molar-refractivity contribution in [1.29, 1.82) is 0 Å². The van der Waals surface area contributed by atoms with E-state index in [2.05, 4.69) is 29.5 Å². The van der Waals surface area contributed by atoms with Gasteiger partial charge in [0.05, 0.1) is 13.2 Å². The first kappa shape index (κ1) is 17.3. The lowest BCUT2D eigenvalue weighted by Crippen LogP contribution is -2.66. The van der Waals surface area contributed by atoms with E-state index in [0.29, 0.717) is 16.7 Å². The van der Waals surface area contributed by atoms with E-state index in [1.807, 2.05) is 24.3 Å². The van der Waals surface area contributed by atoms with Gasteiger partial charge in [-0.2, -0.15) is 0 Å². The predicted molar refractivity (Wildman–Crippen MR) is 101 cm³/mol. The molecular formula is C19H23N3O3S. The zero-order valence-corrected chi connectivity index (χ0v) is 15.9. The van der Waals surface area contributed by atoms with Gasteiger partial charge in [0.15, 0.2) is 5.13 Å². The molecule has 1 aromatic carbocycles. The molecule has 1 saturated carbocycles. The van der Waals surface area contributed by atoms with Crippen LogP contribution in [0.4, 0.5) is 10.8 Å². The molecule has 2 aromatic rings. The topological polar surface area (TPSA) is 72.5 Å². The maximum atomic E-state index is 12.6. The fourth-order valence-corrected chi connectivity index (χ4v) is 4.78. The fourth-order valence-electron chi connectivity index (χ4n) is 4.07. The van der Waals surface area contributed by atoms with Gasteiger partial charge >= 0.3 is 0 Å². The second-order valence-electron chi connectivity index (χ2n) is 7.41. The molecule has 0 spiro atoms. The van der Waals surface area contributed by atoms with Crippen molar-refractivity contribution in [3.8, 4) is 5.75 Å². The van der Waals surface area contributed by atoms with Crippen molar-refractivity contribution in [3.63, 3.8) is 0 Å². The van der Waals surface area contributed by atoms with Gasteiger partial charge in [-0.25, -0.2) is 4.98 Å². The molecule has 1 aromatic heterocycles. The van der Waals surface area contributed by atoms with Crippen LogP contribution in [-0.2, 0) is 4.74 Å². The van der Waals surface area contributed by atoms with Crippen LogP contribution in [0.25, 0.3) is 0 Å². The summed E-state index contributed by atoms with van der Waals surface area (Å²) in [6.07, 6.45) is 1.27. The van der Waals surface area contributed by atoms with Crippen LogP contribution in [0.2, 0.25) is 0 Å². The highest BCUT2D eigenvalue weighted by Crippen LogP contribution is 2.52. The van der Waals surface area contributed by atoms with Gasteiger partial charge in [0.1, 0.15) is 11.4 Å². The van der Waals surface area contributed by atoms with Crippen LogP contribution in [0.1, 0.15) is 30.8 Å². The molecule has 1 aliphatic heterocycles. The largest absolute Gasteiger partial charge is 0.497 e. The van der Waals surface area contributed by atoms with Crippen molar-refractivity contribution in [3.05, 3.63) is 35.3 Å². The summed E-state index contributed by atoms with van der Waals surface area (Å²) < 4.78 is 10.9. The summed E-state index contributed by atoms with van der Waals surface area (Å²) in [5.74, 6) is 1.10. The number of hydrogen-bond acceptors (Lipinski definition) is 6. The lowest BCUT2D eigenvalue weighted by Gasteiger charge is -2.54. The molecule has 4 rings (SSSR count). The quantitative estimate of drug-likeness (QED) is 0.840. The third kappa shape index (κ3) is 2.95. The Morgan fingerprint density at radius 3 is 2.85 bits per heavy atom. The number of carbonyl (C=O) groups is 1. The maximum Gasteiger partial charge on any atom is 0.271 e. The second kappa shape index (κ2) is 6.55. The van der Waals surface area contributed by atoms with Gasteiger partial charge in [-0.15, -0.1) is 11.3 Å². The Labute approximate surface area is 156 Å². The monoisotopic (exact) mass is 373 g/mol. The smallest absolute Gasteiger partial charge is 0.271 e. The number of thiazole rings is 1. The standard InChI is InChI=1S/C19H23N3O3S/c1-19(2)15(13-8-9-25-16(13)19)22-17(23)14-10-26-18(21-14)20-11-4-6-12(24-3)7-5-11/h4-7,10,13,15-16H,8-9H2,1-3H3,(H,20,21)(H,22,23)/t13-,15-,16-/m1/s1. The van der Waals surface area contributed by atoms with Crippen LogP contribution in [-0.4, -0.2) is 36.8 Å². The van der Waals surface area contributed by atoms with E-state index in [9.17, 15) is 4.79 Å². The van der Waals surface area contributed by atoms with E-state index in [-0.39, 0.29) is 23.5 Å². The van der Waals surface area contributed by atoms with Crippen molar-refractivity contribution in [2.24, 2.45) is 11.3 Å². The van der Waals surface area contributed by atoms with E-state index in [1.165, 1.54) is 11.3 Å². The van der Waals surface area contributed by atoms with Crippen LogP contribution >= 0.6 is 11.3 Å². The molecule has 2 N–H and O–H groups in total. The molecule has 138 valence electrons.